The number of benzene rings is 1. The first-order chi connectivity index (χ1) is 8.97. The molecule has 1 rings (SSSR count). The molecule has 1 aromatic rings. The van der Waals surface area contributed by atoms with Gasteiger partial charge in [-0.2, -0.15) is 0 Å². The van der Waals surface area contributed by atoms with Crippen LogP contribution in [0.25, 0.3) is 0 Å². The van der Waals surface area contributed by atoms with Crippen LogP contribution in [0.5, 0.6) is 0 Å². The topological polar surface area (TPSA) is 34.1 Å². The smallest absolute Gasteiger partial charge is 0.179 e. The summed E-state index contributed by atoms with van der Waals surface area (Å²) in [5.74, 6) is 0.378. The third kappa shape index (κ3) is 4.90. The first-order valence-corrected chi connectivity index (χ1v) is 8.47. The Hall–Kier alpha value is -0.380. The number of unbranched alkanes of at least 4 members (excludes halogenated alkanes) is 2. The van der Waals surface area contributed by atoms with Gasteiger partial charge in [-0.15, -0.1) is 0 Å². The lowest BCUT2D eigenvalue weighted by atomic mass is 10.1. The Morgan fingerprint density at radius 1 is 1.32 bits per heavy atom. The van der Waals surface area contributed by atoms with Crippen LogP contribution in [0.3, 0.4) is 0 Å². The Kier molecular flexibility index (Phi) is 7.05. The molecule has 0 amide bonds. The lowest BCUT2D eigenvalue weighted by molar-refractivity contribution is 0.0993. The fraction of sp³-hybridized carbons (Fsp3) is 0.500. The van der Waals surface area contributed by atoms with E-state index < -0.39 is 16.0 Å². The van der Waals surface area contributed by atoms with Crippen molar-refractivity contribution in [1.29, 1.82) is 0 Å². The summed E-state index contributed by atoms with van der Waals surface area (Å²) in [6.07, 6.45) is 2.99. The Bertz CT molecular complexity index is 475. The van der Waals surface area contributed by atoms with E-state index in [-0.39, 0.29) is 5.78 Å². The number of halogens is 2. The summed E-state index contributed by atoms with van der Waals surface area (Å²) < 4.78 is 12.0. The lowest BCUT2D eigenvalue weighted by Crippen LogP contribution is -2.24. The standard InChI is InChI=1S/C14H18Cl2O2S/c1-3-4-5-8-19(18)10(2)14(17)12-7-6-11(15)9-13(12)16/h6-7,9-10H,3-5,8H2,1-2H3. The van der Waals surface area contributed by atoms with Crippen molar-refractivity contribution in [3.63, 3.8) is 0 Å². The lowest BCUT2D eigenvalue weighted by Gasteiger charge is -2.11. The van der Waals surface area contributed by atoms with E-state index in [1.807, 2.05) is 0 Å². The zero-order valence-corrected chi connectivity index (χ0v) is 13.4. The summed E-state index contributed by atoms with van der Waals surface area (Å²) in [5.41, 5.74) is 0.391. The van der Waals surface area contributed by atoms with Crippen LogP contribution in [-0.4, -0.2) is 21.0 Å². The Morgan fingerprint density at radius 3 is 2.58 bits per heavy atom. The van der Waals surface area contributed by atoms with E-state index >= 15 is 0 Å². The first-order valence-electron chi connectivity index (χ1n) is 6.33. The second kappa shape index (κ2) is 8.03. The number of hydrogen-bond donors (Lipinski definition) is 0. The highest BCUT2D eigenvalue weighted by Gasteiger charge is 2.22. The summed E-state index contributed by atoms with van der Waals surface area (Å²) >= 11 is 11.8. The molecule has 106 valence electrons. The molecule has 1 aromatic carbocycles. The van der Waals surface area contributed by atoms with Crippen molar-refractivity contribution in [2.45, 2.75) is 38.4 Å². The van der Waals surface area contributed by atoms with Gasteiger partial charge in [0.15, 0.2) is 5.78 Å². The van der Waals surface area contributed by atoms with Crippen LogP contribution < -0.4 is 0 Å². The molecule has 0 fully saturated rings. The third-order valence-electron chi connectivity index (χ3n) is 2.91. The molecule has 2 unspecified atom stereocenters. The van der Waals surface area contributed by atoms with E-state index in [1.54, 1.807) is 19.1 Å². The van der Waals surface area contributed by atoms with Gasteiger partial charge in [-0.05, 0) is 31.5 Å². The number of rotatable bonds is 7. The summed E-state index contributed by atoms with van der Waals surface area (Å²) in [4.78, 5) is 12.2. The van der Waals surface area contributed by atoms with E-state index in [1.165, 1.54) is 6.07 Å². The molecule has 0 saturated carbocycles. The Balaban J connectivity index is 2.73. The van der Waals surface area contributed by atoms with Crippen LogP contribution in [0, 0.1) is 0 Å². The van der Waals surface area contributed by atoms with Crippen molar-refractivity contribution in [1.82, 2.24) is 0 Å². The molecule has 0 aliphatic heterocycles. The maximum absolute atomic E-state index is 12.2. The molecule has 2 atom stereocenters. The van der Waals surface area contributed by atoms with Gasteiger partial charge in [0.1, 0.15) is 0 Å². The molecule has 19 heavy (non-hydrogen) atoms. The van der Waals surface area contributed by atoms with Crippen LogP contribution in [-0.2, 0) is 10.8 Å². The number of carbonyl (C=O) groups excluding carboxylic acids is 1. The van der Waals surface area contributed by atoms with E-state index in [2.05, 4.69) is 6.92 Å². The van der Waals surface area contributed by atoms with E-state index in [0.29, 0.717) is 21.4 Å². The number of hydrogen-bond acceptors (Lipinski definition) is 2. The maximum Gasteiger partial charge on any atom is 0.179 e. The van der Waals surface area contributed by atoms with Gasteiger partial charge in [0, 0.05) is 27.1 Å². The molecule has 5 heteroatoms. The van der Waals surface area contributed by atoms with E-state index in [0.717, 1.165) is 19.3 Å². The highest BCUT2D eigenvalue weighted by atomic mass is 35.5. The summed E-state index contributed by atoms with van der Waals surface area (Å²) in [6.45, 7) is 3.78. The second-order valence-corrected chi connectivity index (χ2v) is 7.14. The number of ketones is 1. The zero-order chi connectivity index (χ0) is 14.4. The van der Waals surface area contributed by atoms with E-state index in [9.17, 15) is 9.00 Å². The van der Waals surface area contributed by atoms with Crippen molar-refractivity contribution < 1.29 is 9.00 Å². The fourth-order valence-electron chi connectivity index (χ4n) is 1.70. The average molecular weight is 321 g/mol. The van der Waals surface area contributed by atoms with Crippen molar-refractivity contribution in [3.05, 3.63) is 33.8 Å². The summed E-state index contributed by atoms with van der Waals surface area (Å²) in [6, 6.07) is 4.74. The molecular weight excluding hydrogens is 303 g/mol. The van der Waals surface area contributed by atoms with Crippen LogP contribution >= 0.6 is 23.2 Å². The zero-order valence-electron chi connectivity index (χ0n) is 11.1. The van der Waals surface area contributed by atoms with Gasteiger partial charge in [0.2, 0.25) is 0 Å². The summed E-state index contributed by atoms with van der Waals surface area (Å²) in [5, 5.41) is 0.267. The van der Waals surface area contributed by atoms with Gasteiger partial charge >= 0.3 is 0 Å². The van der Waals surface area contributed by atoms with Crippen LogP contribution in [0.1, 0.15) is 43.5 Å². The minimum Gasteiger partial charge on any atom is -0.293 e. The largest absolute Gasteiger partial charge is 0.293 e. The highest BCUT2D eigenvalue weighted by molar-refractivity contribution is 7.86. The molecule has 0 saturated heterocycles. The predicted molar refractivity (Wildman–Crippen MR) is 82.8 cm³/mol. The normalized spacial score (nSPS) is 14.1. The molecule has 0 N–H and O–H groups in total. The SMILES string of the molecule is CCCCCS(=O)C(C)C(=O)c1ccc(Cl)cc1Cl. The quantitative estimate of drug-likeness (QED) is 0.547. The molecule has 0 radical (unpaired) electrons. The number of Topliss-reactive ketones (excluding diaryl/α,β-unsaturated/α-hetero) is 1. The molecule has 0 bridgehead atoms. The molecule has 2 nitrogen and oxygen atoms in total. The van der Waals surface area contributed by atoms with Crippen LogP contribution in [0.4, 0.5) is 0 Å². The van der Waals surface area contributed by atoms with Crippen molar-refractivity contribution >= 4 is 39.8 Å². The van der Waals surface area contributed by atoms with Crippen molar-refractivity contribution in [2.75, 3.05) is 5.75 Å². The van der Waals surface area contributed by atoms with Crippen molar-refractivity contribution in [3.8, 4) is 0 Å². The highest BCUT2D eigenvalue weighted by Crippen LogP contribution is 2.23. The second-order valence-electron chi connectivity index (χ2n) is 4.42. The van der Waals surface area contributed by atoms with Gasteiger partial charge in [-0.25, -0.2) is 0 Å². The van der Waals surface area contributed by atoms with Gasteiger partial charge in [-0.1, -0.05) is 43.0 Å². The van der Waals surface area contributed by atoms with Gasteiger partial charge in [0.05, 0.1) is 10.3 Å². The molecule has 0 spiro atoms. The van der Waals surface area contributed by atoms with Gasteiger partial charge in [0.25, 0.3) is 0 Å². The fourth-order valence-corrected chi connectivity index (χ4v) is 3.41. The third-order valence-corrected chi connectivity index (χ3v) is 5.15. The minimum atomic E-state index is -1.15. The molecule has 0 aromatic heterocycles. The Morgan fingerprint density at radius 2 is 2.00 bits per heavy atom. The Labute approximate surface area is 126 Å². The van der Waals surface area contributed by atoms with Crippen molar-refractivity contribution in [2.24, 2.45) is 0 Å². The van der Waals surface area contributed by atoms with Crippen LogP contribution in [0.2, 0.25) is 10.0 Å². The van der Waals surface area contributed by atoms with E-state index in [4.69, 9.17) is 23.2 Å². The average Bonchev–Trinajstić information content (AvgIpc) is 2.37. The first kappa shape index (κ1) is 16.7. The van der Waals surface area contributed by atoms with Crippen LogP contribution in [0.15, 0.2) is 18.2 Å². The predicted octanol–water partition coefficient (Wildman–Crippen LogP) is 4.50. The number of carbonyl (C=O) groups is 1. The maximum atomic E-state index is 12.2. The molecule has 0 aliphatic rings. The molecule has 0 heterocycles. The molecular formula is C14H18Cl2O2S. The molecule has 0 aliphatic carbocycles. The van der Waals surface area contributed by atoms with Gasteiger partial charge in [-0.3, -0.25) is 9.00 Å². The summed E-state index contributed by atoms with van der Waals surface area (Å²) in [7, 11) is -1.15. The monoisotopic (exact) mass is 320 g/mol. The minimum absolute atomic E-state index is 0.184. The van der Waals surface area contributed by atoms with Gasteiger partial charge < -0.3 is 0 Å².